The molecule has 0 fully saturated rings. The fraction of sp³-hybridized carbons (Fsp3) is 0.300. The van der Waals surface area contributed by atoms with Crippen LogP contribution in [-0.2, 0) is 11.3 Å². The summed E-state index contributed by atoms with van der Waals surface area (Å²) in [5.74, 6) is -0.341. The summed E-state index contributed by atoms with van der Waals surface area (Å²) in [6.07, 6.45) is -4.76. The molecule has 0 saturated heterocycles. The first-order valence-corrected chi connectivity index (χ1v) is 10.2. The Morgan fingerprint density at radius 1 is 1.16 bits per heavy atom. The maximum atomic E-state index is 12.6. The molecule has 2 aromatic carbocycles. The highest BCUT2D eigenvalue weighted by molar-refractivity contribution is 7.99. The first kappa shape index (κ1) is 22.6. The molecule has 3 aromatic rings. The van der Waals surface area contributed by atoms with E-state index in [1.165, 1.54) is 28.9 Å². The monoisotopic (exact) mass is 451 g/mol. The van der Waals surface area contributed by atoms with Gasteiger partial charge in [-0.05, 0) is 59.7 Å². The fourth-order valence-electron chi connectivity index (χ4n) is 2.82. The van der Waals surface area contributed by atoms with Crippen LogP contribution in [0, 0.1) is 13.8 Å². The van der Waals surface area contributed by atoms with E-state index in [9.17, 15) is 18.0 Å². The third kappa shape index (κ3) is 6.20. The average molecular weight is 451 g/mol. The molecule has 3 rings (SSSR count). The molecule has 0 aliphatic rings. The number of aryl methyl sites for hydroxylation is 2. The van der Waals surface area contributed by atoms with Crippen molar-refractivity contribution < 1.29 is 22.7 Å². The average Bonchev–Trinajstić information content (AvgIpc) is 3.16. The lowest BCUT2D eigenvalue weighted by molar-refractivity contribution is -0.274. The Kier molecular flexibility index (Phi) is 6.84. The number of carbonyl (C=O) groups excluding carboxylic acids is 1. The van der Waals surface area contributed by atoms with E-state index in [-0.39, 0.29) is 17.4 Å². The smallest absolute Gasteiger partial charge is 0.406 e. The van der Waals surface area contributed by atoms with Crippen LogP contribution in [0.2, 0.25) is 0 Å². The van der Waals surface area contributed by atoms with E-state index < -0.39 is 6.36 Å². The molecule has 0 atom stereocenters. The summed E-state index contributed by atoms with van der Waals surface area (Å²) in [7, 11) is 1.73. The van der Waals surface area contributed by atoms with Crippen LogP contribution < -0.4 is 4.74 Å². The summed E-state index contributed by atoms with van der Waals surface area (Å²) in [4.78, 5) is 14.2. The van der Waals surface area contributed by atoms with Crippen molar-refractivity contribution in [2.24, 2.45) is 0 Å². The standard InChI is InChI=1S/C20H20F3N5O2S/c1-13-4-5-15(14(2)10-13)11-27(3)18(29)12-31-19-24-25-26-28(19)16-6-8-17(9-7-16)30-20(21,22)23/h4-10H,11-12H2,1-3H3. The predicted octanol–water partition coefficient (Wildman–Crippen LogP) is 3.93. The second-order valence-electron chi connectivity index (χ2n) is 6.88. The van der Waals surface area contributed by atoms with Crippen molar-refractivity contribution in [2.75, 3.05) is 12.8 Å². The molecule has 0 bridgehead atoms. The maximum absolute atomic E-state index is 12.6. The van der Waals surface area contributed by atoms with Gasteiger partial charge in [-0.2, -0.15) is 4.68 Å². The topological polar surface area (TPSA) is 73.1 Å². The molecule has 0 spiro atoms. The van der Waals surface area contributed by atoms with Gasteiger partial charge >= 0.3 is 6.36 Å². The molecule has 0 radical (unpaired) electrons. The van der Waals surface area contributed by atoms with Gasteiger partial charge in [0, 0.05) is 13.6 Å². The second-order valence-corrected chi connectivity index (χ2v) is 7.83. The number of nitrogens with zero attached hydrogens (tertiary/aromatic N) is 5. The zero-order chi connectivity index (χ0) is 22.6. The van der Waals surface area contributed by atoms with Crippen LogP contribution in [0.4, 0.5) is 13.2 Å². The van der Waals surface area contributed by atoms with Crippen LogP contribution in [0.25, 0.3) is 5.69 Å². The quantitative estimate of drug-likeness (QED) is 0.507. The number of amides is 1. The minimum absolute atomic E-state index is 0.103. The van der Waals surface area contributed by atoms with Crippen molar-refractivity contribution >= 4 is 17.7 Å². The van der Waals surface area contributed by atoms with Gasteiger partial charge in [0.15, 0.2) is 0 Å². The van der Waals surface area contributed by atoms with E-state index in [0.29, 0.717) is 17.4 Å². The first-order chi connectivity index (χ1) is 14.6. The molecule has 0 aliphatic heterocycles. The van der Waals surface area contributed by atoms with E-state index in [1.54, 1.807) is 11.9 Å². The molecule has 0 unspecified atom stereocenters. The van der Waals surface area contributed by atoms with E-state index in [2.05, 4.69) is 26.3 Å². The highest BCUT2D eigenvalue weighted by Gasteiger charge is 2.31. The molecule has 1 amide bonds. The number of carbonyl (C=O) groups is 1. The number of halogens is 3. The molecule has 164 valence electrons. The zero-order valence-corrected chi connectivity index (χ0v) is 17.9. The molecular formula is C20H20F3N5O2S. The van der Waals surface area contributed by atoms with E-state index in [1.807, 2.05) is 26.0 Å². The van der Waals surface area contributed by atoms with E-state index in [4.69, 9.17) is 0 Å². The Labute approximate surface area is 181 Å². The van der Waals surface area contributed by atoms with Gasteiger partial charge in [-0.3, -0.25) is 4.79 Å². The summed E-state index contributed by atoms with van der Waals surface area (Å²) in [5, 5.41) is 11.7. The third-order valence-electron chi connectivity index (χ3n) is 4.41. The highest BCUT2D eigenvalue weighted by Crippen LogP contribution is 2.25. The second kappa shape index (κ2) is 9.38. The number of tetrazole rings is 1. The molecule has 7 nitrogen and oxygen atoms in total. The normalized spacial score (nSPS) is 11.4. The van der Waals surface area contributed by atoms with Crippen molar-refractivity contribution in [1.29, 1.82) is 0 Å². The zero-order valence-electron chi connectivity index (χ0n) is 17.1. The molecule has 0 aliphatic carbocycles. The number of benzene rings is 2. The number of rotatable bonds is 7. The number of hydrogen-bond donors (Lipinski definition) is 0. The molecule has 0 saturated carbocycles. The fourth-order valence-corrected chi connectivity index (χ4v) is 3.65. The van der Waals surface area contributed by atoms with Gasteiger partial charge < -0.3 is 9.64 Å². The number of hydrogen-bond acceptors (Lipinski definition) is 6. The van der Waals surface area contributed by atoms with Gasteiger partial charge in [0.1, 0.15) is 5.75 Å². The van der Waals surface area contributed by atoms with Crippen LogP contribution >= 0.6 is 11.8 Å². The van der Waals surface area contributed by atoms with Crippen LogP contribution in [0.15, 0.2) is 47.6 Å². The van der Waals surface area contributed by atoms with E-state index >= 15 is 0 Å². The lowest BCUT2D eigenvalue weighted by Gasteiger charge is -2.18. The summed E-state index contributed by atoms with van der Waals surface area (Å²) < 4.78 is 42.1. The summed E-state index contributed by atoms with van der Waals surface area (Å²) in [6.45, 7) is 4.51. The van der Waals surface area contributed by atoms with Crippen LogP contribution in [0.5, 0.6) is 5.75 Å². The third-order valence-corrected chi connectivity index (χ3v) is 5.32. The van der Waals surface area contributed by atoms with Crippen LogP contribution in [0.3, 0.4) is 0 Å². The summed E-state index contributed by atoms with van der Waals surface area (Å²) in [5.41, 5.74) is 3.79. The molecule has 31 heavy (non-hydrogen) atoms. The van der Waals surface area contributed by atoms with Gasteiger partial charge in [-0.1, -0.05) is 35.5 Å². The van der Waals surface area contributed by atoms with E-state index in [0.717, 1.165) is 28.5 Å². The number of aromatic nitrogens is 4. The lowest BCUT2D eigenvalue weighted by atomic mass is 10.1. The SMILES string of the molecule is Cc1ccc(CN(C)C(=O)CSc2nnnn2-c2ccc(OC(F)(F)F)cc2)c(C)c1. The van der Waals surface area contributed by atoms with Crippen molar-refractivity contribution in [1.82, 2.24) is 25.1 Å². The minimum atomic E-state index is -4.76. The van der Waals surface area contributed by atoms with Gasteiger partial charge in [0.05, 0.1) is 11.4 Å². The van der Waals surface area contributed by atoms with Crippen LogP contribution in [0.1, 0.15) is 16.7 Å². The largest absolute Gasteiger partial charge is 0.573 e. The van der Waals surface area contributed by atoms with Gasteiger partial charge in [0.2, 0.25) is 11.1 Å². The van der Waals surface area contributed by atoms with Gasteiger partial charge in [-0.15, -0.1) is 18.3 Å². The number of ether oxygens (including phenoxy) is 1. The van der Waals surface area contributed by atoms with Crippen molar-refractivity contribution in [3.63, 3.8) is 0 Å². The maximum Gasteiger partial charge on any atom is 0.573 e. The molecular weight excluding hydrogens is 431 g/mol. The summed E-state index contributed by atoms with van der Waals surface area (Å²) in [6, 6.07) is 11.2. The molecule has 0 N–H and O–H groups in total. The van der Waals surface area contributed by atoms with Crippen molar-refractivity contribution in [3.8, 4) is 11.4 Å². The number of thioether (sulfide) groups is 1. The van der Waals surface area contributed by atoms with Gasteiger partial charge in [-0.25, -0.2) is 0 Å². The Balaban J connectivity index is 1.61. The Hall–Kier alpha value is -3.08. The van der Waals surface area contributed by atoms with Crippen molar-refractivity contribution in [2.45, 2.75) is 31.9 Å². The molecule has 11 heteroatoms. The predicted molar refractivity (Wildman–Crippen MR) is 109 cm³/mol. The minimum Gasteiger partial charge on any atom is -0.406 e. The van der Waals surface area contributed by atoms with Crippen molar-refractivity contribution in [3.05, 3.63) is 59.2 Å². The molecule has 1 aromatic heterocycles. The van der Waals surface area contributed by atoms with Gasteiger partial charge in [0.25, 0.3) is 0 Å². The lowest BCUT2D eigenvalue weighted by Crippen LogP contribution is -2.28. The van der Waals surface area contributed by atoms with Crippen LogP contribution in [-0.4, -0.2) is 50.2 Å². The Morgan fingerprint density at radius 2 is 1.87 bits per heavy atom. The molecule has 1 heterocycles. The Morgan fingerprint density at radius 3 is 2.52 bits per heavy atom. The summed E-state index contributed by atoms with van der Waals surface area (Å²) >= 11 is 1.14. The Bertz CT molecular complexity index is 1050. The highest BCUT2D eigenvalue weighted by atomic mass is 32.2. The number of alkyl halides is 3. The first-order valence-electron chi connectivity index (χ1n) is 9.20.